The second-order valence-electron chi connectivity index (χ2n) is 11.1. The van der Waals surface area contributed by atoms with Crippen molar-refractivity contribution in [2.45, 2.75) is 38.1 Å². The van der Waals surface area contributed by atoms with Gasteiger partial charge in [-0.3, -0.25) is 14.4 Å². The quantitative estimate of drug-likeness (QED) is 0.567. The summed E-state index contributed by atoms with van der Waals surface area (Å²) in [4.78, 5) is 47.8. The molecule has 3 heterocycles. The van der Waals surface area contributed by atoms with E-state index in [9.17, 15) is 18.8 Å². The van der Waals surface area contributed by atoms with Gasteiger partial charge in [-0.1, -0.05) is 12.1 Å². The van der Waals surface area contributed by atoms with E-state index in [0.29, 0.717) is 37.7 Å². The summed E-state index contributed by atoms with van der Waals surface area (Å²) in [6, 6.07) is 12.1. The zero-order valence-electron chi connectivity index (χ0n) is 22.5. The lowest BCUT2D eigenvalue weighted by atomic mass is 9.88. The first kappa shape index (κ1) is 26.4. The molecule has 2 aromatic rings. The fourth-order valence-electron chi connectivity index (χ4n) is 6.10. The number of piperidine rings is 1. The number of likely N-dealkylation sites (N-methyl/N-ethyl adjacent to an activating group) is 2. The number of nitrogens with zero attached hydrogens (tertiary/aromatic N) is 4. The molecule has 7 nitrogen and oxygen atoms in total. The molecule has 0 N–H and O–H groups in total. The molecule has 5 rings (SSSR count). The normalized spacial score (nSPS) is 22.5. The van der Waals surface area contributed by atoms with Gasteiger partial charge in [0.2, 0.25) is 5.78 Å². The molecule has 3 aliphatic heterocycles. The molecule has 2 unspecified atom stereocenters. The molecule has 0 aromatic heterocycles. The lowest BCUT2D eigenvalue weighted by Gasteiger charge is -2.33. The van der Waals surface area contributed by atoms with Gasteiger partial charge in [-0.05, 0) is 80.6 Å². The molecule has 3 aliphatic rings. The minimum Gasteiger partial charge on any atom is -0.371 e. The van der Waals surface area contributed by atoms with Crippen molar-refractivity contribution < 1.29 is 18.8 Å². The number of benzene rings is 2. The highest BCUT2D eigenvalue weighted by atomic mass is 19.1. The fourth-order valence-corrected chi connectivity index (χ4v) is 6.10. The summed E-state index contributed by atoms with van der Waals surface area (Å²) in [7, 11) is 3.95. The first-order valence-corrected chi connectivity index (χ1v) is 13.6. The van der Waals surface area contributed by atoms with Gasteiger partial charge in [-0.25, -0.2) is 4.39 Å². The third kappa shape index (κ3) is 5.19. The Hall–Kier alpha value is -3.26. The summed E-state index contributed by atoms with van der Waals surface area (Å²) >= 11 is 0. The van der Waals surface area contributed by atoms with Gasteiger partial charge in [-0.2, -0.15) is 0 Å². The summed E-state index contributed by atoms with van der Waals surface area (Å²) in [5.41, 5.74) is 3.35. The predicted molar refractivity (Wildman–Crippen MR) is 145 cm³/mol. The summed E-state index contributed by atoms with van der Waals surface area (Å²) in [5, 5.41) is 0. The van der Waals surface area contributed by atoms with Gasteiger partial charge in [0.25, 0.3) is 11.8 Å². The molecule has 2 saturated heterocycles. The molecular weight excluding hydrogens is 483 g/mol. The van der Waals surface area contributed by atoms with E-state index in [1.54, 1.807) is 4.90 Å². The number of carbonyl (C=O) groups excluding carboxylic acids is 3. The Bertz CT molecular complexity index is 1200. The van der Waals surface area contributed by atoms with Crippen LogP contribution in [-0.4, -0.2) is 91.7 Å². The van der Waals surface area contributed by atoms with E-state index < -0.39 is 11.8 Å². The van der Waals surface area contributed by atoms with Crippen LogP contribution in [0, 0.1) is 11.7 Å². The van der Waals surface area contributed by atoms with Crippen LogP contribution in [0.15, 0.2) is 42.5 Å². The SMILES string of the molecule is CC1C(C(=O)C(=O)N2CCN(C)CC2)c2cc(C(=O)N3CCC(Cc4ccc(F)cc4)CC3)ccc2N1C. The van der Waals surface area contributed by atoms with Crippen LogP contribution in [0.25, 0.3) is 0 Å². The first-order chi connectivity index (χ1) is 18.2. The van der Waals surface area contributed by atoms with Crippen molar-refractivity contribution in [3.63, 3.8) is 0 Å². The molecule has 0 aliphatic carbocycles. The topological polar surface area (TPSA) is 64.2 Å². The number of anilines is 1. The highest BCUT2D eigenvalue weighted by molar-refractivity contribution is 6.38. The van der Waals surface area contributed by atoms with E-state index in [4.69, 9.17) is 0 Å². The number of carbonyl (C=O) groups is 3. The number of fused-ring (bicyclic) bond motifs is 1. The lowest BCUT2D eigenvalue weighted by Crippen LogP contribution is -2.50. The van der Waals surface area contributed by atoms with Crippen molar-refractivity contribution in [3.8, 4) is 0 Å². The Morgan fingerprint density at radius 1 is 0.868 bits per heavy atom. The number of piperazine rings is 1. The van der Waals surface area contributed by atoms with E-state index in [2.05, 4.69) is 4.90 Å². The number of halogens is 1. The Labute approximate surface area is 224 Å². The van der Waals surface area contributed by atoms with E-state index in [-0.39, 0.29) is 23.5 Å². The Balaban J connectivity index is 1.27. The second kappa shape index (κ2) is 10.8. The van der Waals surface area contributed by atoms with Crippen molar-refractivity contribution in [1.82, 2.24) is 14.7 Å². The van der Waals surface area contributed by atoms with Crippen LogP contribution < -0.4 is 4.90 Å². The Morgan fingerprint density at radius 3 is 2.18 bits per heavy atom. The smallest absolute Gasteiger partial charge is 0.290 e. The van der Waals surface area contributed by atoms with Gasteiger partial charge >= 0.3 is 0 Å². The van der Waals surface area contributed by atoms with Crippen LogP contribution in [0.5, 0.6) is 0 Å². The maximum atomic E-state index is 13.5. The van der Waals surface area contributed by atoms with Crippen molar-refractivity contribution in [3.05, 3.63) is 65.0 Å². The Kier molecular flexibility index (Phi) is 7.52. The van der Waals surface area contributed by atoms with E-state index in [1.807, 2.05) is 61.2 Å². The van der Waals surface area contributed by atoms with Crippen molar-refractivity contribution in [2.24, 2.45) is 5.92 Å². The molecule has 2 atom stereocenters. The first-order valence-electron chi connectivity index (χ1n) is 13.6. The molecule has 0 bridgehead atoms. The van der Waals surface area contributed by atoms with Crippen molar-refractivity contribution >= 4 is 23.3 Å². The van der Waals surface area contributed by atoms with E-state index in [0.717, 1.165) is 49.2 Å². The van der Waals surface area contributed by atoms with Crippen LogP contribution in [0.2, 0.25) is 0 Å². The zero-order chi connectivity index (χ0) is 27.0. The molecule has 0 radical (unpaired) electrons. The average Bonchev–Trinajstić information content (AvgIpc) is 3.18. The fraction of sp³-hybridized carbons (Fsp3) is 0.500. The third-order valence-corrected chi connectivity index (χ3v) is 8.71. The predicted octanol–water partition coefficient (Wildman–Crippen LogP) is 3.19. The lowest BCUT2D eigenvalue weighted by molar-refractivity contribution is -0.146. The number of amides is 2. The van der Waals surface area contributed by atoms with Crippen LogP contribution in [0.4, 0.5) is 10.1 Å². The monoisotopic (exact) mass is 520 g/mol. The standard InChI is InChI=1S/C30H37FN4O3/c1-20-27(28(36)30(38)35-16-14-32(2)15-17-35)25-19-23(6-9-26(25)33(20)3)29(37)34-12-10-22(11-13-34)18-21-4-7-24(31)8-5-21/h4-9,19-20,22,27H,10-18H2,1-3H3. The van der Waals surface area contributed by atoms with Gasteiger partial charge in [0.1, 0.15) is 5.82 Å². The highest BCUT2D eigenvalue weighted by Crippen LogP contribution is 2.41. The summed E-state index contributed by atoms with van der Waals surface area (Å²) < 4.78 is 13.2. The Morgan fingerprint density at radius 2 is 1.53 bits per heavy atom. The van der Waals surface area contributed by atoms with Gasteiger partial charge < -0.3 is 19.6 Å². The number of hydrogen-bond donors (Lipinski definition) is 0. The average molecular weight is 521 g/mol. The maximum absolute atomic E-state index is 13.5. The highest BCUT2D eigenvalue weighted by Gasteiger charge is 2.43. The number of hydrogen-bond acceptors (Lipinski definition) is 5. The van der Waals surface area contributed by atoms with E-state index >= 15 is 0 Å². The molecule has 8 heteroatoms. The minimum atomic E-state index is -0.587. The molecule has 0 saturated carbocycles. The maximum Gasteiger partial charge on any atom is 0.290 e. The van der Waals surface area contributed by atoms with Crippen LogP contribution >= 0.6 is 0 Å². The summed E-state index contributed by atoms with van der Waals surface area (Å²) in [6.07, 6.45) is 2.68. The van der Waals surface area contributed by atoms with Crippen LogP contribution in [0.3, 0.4) is 0 Å². The number of ketones is 1. The van der Waals surface area contributed by atoms with Crippen molar-refractivity contribution in [2.75, 3.05) is 58.3 Å². The number of likely N-dealkylation sites (tertiary alicyclic amines) is 1. The number of rotatable bonds is 5. The molecule has 202 valence electrons. The molecular formula is C30H37FN4O3. The minimum absolute atomic E-state index is 0.0353. The molecule has 0 spiro atoms. The third-order valence-electron chi connectivity index (χ3n) is 8.71. The van der Waals surface area contributed by atoms with Gasteiger partial charge in [0.05, 0.1) is 5.92 Å². The van der Waals surface area contributed by atoms with Crippen molar-refractivity contribution in [1.29, 1.82) is 0 Å². The van der Waals surface area contributed by atoms with E-state index in [1.165, 1.54) is 12.1 Å². The van der Waals surface area contributed by atoms with Gasteiger partial charge in [0, 0.05) is 63.6 Å². The number of Topliss-reactive ketones (excluding diaryl/α,β-unsaturated/α-hetero) is 1. The van der Waals surface area contributed by atoms with Gasteiger partial charge in [0.15, 0.2) is 0 Å². The molecule has 2 fully saturated rings. The summed E-state index contributed by atoms with van der Waals surface area (Å²) in [5.74, 6) is -1.20. The molecule has 2 aromatic carbocycles. The zero-order valence-corrected chi connectivity index (χ0v) is 22.5. The van der Waals surface area contributed by atoms with Crippen LogP contribution in [-0.2, 0) is 16.0 Å². The van der Waals surface area contributed by atoms with Gasteiger partial charge in [-0.15, -0.1) is 0 Å². The summed E-state index contributed by atoms with van der Waals surface area (Å²) in [6.45, 7) is 5.93. The molecule has 38 heavy (non-hydrogen) atoms. The largest absolute Gasteiger partial charge is 0.371 e. The molecule has 2 amide bonds. The second-order valence-corrected chi connectivity index (χ2v) is 11.1. The van der Waals surface area contributed by atoms with Crippen LogP contribution in [0.1, 0.15) is 47.2 Å².